The van der Waals surface area contributed by atoms with Crippen LogP contribution in [0.25, 0.3) is 10.9 Å². The van der Waals surface area contributed by atoms with Gasteiger partial charge in [-0.05, 0) is 30.3 Å². The topological polar surface area (TPSA) is 48.1 Å². The SMILES string of the molecule is CN(C)c1ccccc1NC(=O)c1cccc2[nH]ccc12. The molecule has 0 fully saturated rings. The fourth-order valence-electron chi connectivity index (χ4n) is 2.44. The zero-order chi connectivity index (χ0) is 14.8. The maximum absolute atomic E-state index is 12.6. The molecule has 0 radical (unpaired) electrons. The minimum absolute atomic E-state index is 0.102. The molecule has 2 N–H and O–H groups in total. The van der Waals surface area contributed by atoms with Gasteiger partial charge in [-0.25, -0.2) is 0 Å². The third kappa shape index (κ3) is 2.48. The highest BCUT2D eigenvalue weighted by Gasteiger charge is 2.12. The van der Waals surface area contributed by atoms with Gasteiger partial charge in [-0.3, -0.25) is 4.79 Å². The van der Waals surface area contributed by atoms with Gasteiger partial charge in [0.25, 0.3) is 5.91 Å². The molecule has 21 heavy (non-hydrogen) atoms. The van der Waals surface area contributed by atoms with Crippen molar-refractivity contribution >= 4 is 28.2 Å². The number of H-pyrrole nitrogens is 1. The molecule has 3 rings (SSSR count). The Morgan fingerprint density at radius 1 is 1.05 bits per heavy atom. The predicted molar refractivity (Wildman–Crippen MR) is 87.0 cm³/mol. The van der Waals surface area contributed by atoms with Crippen LogP contribution in [0.4, 0.5) is 11.4 Å². The highest BCUT2D eigenvalue weighted by molar-refractivity contribution is 6.13. The molecule has 3 aromatic rings. The highest BCUT2D eigenvalue weighted by atomic mass is 16.1. The average Bonchev–Trinajstić information content (AvgIpc) is 2.95. The van der Waals surface area contributed by atoms with Gasteiger partial charge in [0.05, 0.1) is 11.4 Å². The molecule has 1 heterocycles. The summed E-state index contributed by atoms with van der Waals surface area (Å²) in [7, 11) is 3.91. The van der Waals surface area contributed by atoms with E-state index in [1.54, 1.807) is 0 Å². The molecule has 0 spiro atoms. The summed E-state index contributed by atoms with van der Waals surface area (Å²) < 4.78 is 0. The third-order valence-electron chi connectivity index (χ3n) is 3.47. The summed E-state index contributed by atoms with van der Waals surface area (Å²) in [4.78, 5) is 17.7. The van der Waals surface area contributed by atoms with Crippen LogP contribution in [-0.2, 0) is 0 Å². The van der Waals surface area contributed by atoms with Crippen molar-refractivity contribution in [2.24, 2.45) is 0 Å². The van der Waals surface area contributed by atoms with Crippen LogP contribution in [0.5, 0.6) is 0 Å². The number of para-hydroxylation sites is 2. The van der Waals surface area contributed by atoms with Crippen molar-refractivity contribution in [2.75, 3.05) is 24.3 Å². The van der Waals surface area contributed by atoms with Crippen molar-refractivity contribution < 1.29 is 4.79 Å². The lowest BCUT2D eigenvalue weighted by Gasteiger charge is -2.17. The highest BCUT2D eigenvalue weighted by Crippen LogP contribution is 2.25. The molecular weight excluding hydrogens is 262 g/mol. The summed E-state index contributed by atoms with van der Waals surface area (Å²) in [6.45, 7) is 0. The number of hydrogen-bond acceptors (Lipinski definition) is 2. The molecule has 2 aromatic carbocycles. The standard InChI is InChI=1S/C17H17N3O/c1-20(2)16-9-4-3-7-15(16)19-17(21)13-6-5-8-14-12(13)10-11-18-14/h3-11,18H,1-2H3,(H,19,21). The Kier molecular flexibility index (Phi) is 3.36. The number of rotatable bonds is 3. The Hall–Kier alpha value is -2.75. The van der Waals surface area contributed by atoms with Crippen LogP contribution in [0.1, 0.15) is 10.4 Å². The Morgan fingerprint density at radius 3 is 2.67 bits per heavy atom. The summed E-state index contributed by atoms with van der Waals surface area (Å²) >= 11 is 0. The summed E-state index contributed by atoms with van der Waals surface area (Å²) in [5, 5.41) is 3.92. The molecule has 0 bridgehead atoms. The zero-order valence-corrected chi connectivity index (χ0v) is 12.1. The average molecular weight is 279 g/mol. The lowest BCUT2D eigenvalue weighted by molar-refractivity contribution is 0.102. The van der Waals surface area contributed by atoms with E-state index in [1.807, 2.05) is 73.7 Å². The first-order valence-corrected chi connectivity index (χ1v) is 6.80. The molecule has 4 heteroatoms. The van der Waals surface area contributed by atoms with Crippen LogP contribution in [-0.4, -0.2) is 25.0 Å². The summed E-state index contributed by atoms with van der Waals surface area (Å²) in [6, 6.07) is 15.4. The fourth-order valence-corrected chi connectivity index (χ4v) is 2.44. The normalized spacial score (nSPS) is 10.6. The minimum Gasteiger partial charge on any atom is -0.376 e. The van der Waals surface area contributed by atoms with Crippen molar-refractivity contribution in [3.63, 3.8) is 0 Å². The van der Waals surface area contributed by atoms with E-state index in [0.717, 1.165) is 22.3 Å². The molecule has 0 aliphatic heterocycles. The van der Waals surface area contributed by atoms with E-state index in [0.29, 0.717) is 5.56 Å². The second kappa shape index (κ2) is 5.32. The van der Waals surface area contributed by atoms with E-state index < -0.39 is 0 Å². The Morgan fingerprint density at radius 2 is 1.86 bits per heavy atom. The van der Waals surface area contributed by atoms with Crippen LogP contribution in [0, 0.1) is 0 Å². The molecule has 0 aliphatic rings. The van der Waals surface area contributed by atoms with Crippen LogP contribution >= 0.6 is 0 Å². The van der Waals surface area contributed by atoms with Crippen molar-refractivity contribution in [2.45, 2.75) is 0 Å². The van der Waals surface area contributed by atoms with Crippen molar-refractivity contribution in [1.29, 1.82) is 0 Å². The molecular formula is C17H17N3O. The fraction of sp³-hybridized carbons (Fsp3) is 0.118. The number of carbonyl (C=O) groups is 1. The minimum atomic E-state index is -0.102. The number of benzene rings is 2. The lowest BCUT2D eigenvalue weighted by Crippen LogP contribution is -2.16. The maximum Gasteiger partial charge on any atom is 0.256 e. The van der Waals surface area contributed by atoms with Crippen molar-refractivity contribution in [3.05, 3.63) is 60.3 Å². The van der Waals surface area contributed by atoms with E-state index in [2.05, 4.69) is 10.3 Å². The molecule has 1 amide bonds. The number of nitrogens with zero attached hydrogens (tertiary/aromatic N) is 1. The second-order valence-corrected chi connectivity index (χ2v) is 5.11. The predicted octanol–water partition coefficient (Wildman–Crippen LogP) is 3.49. The van der Waals surface area contributed by atoms with E-state index in [4.69, 9.17) is 0 Å². The number of carbonyl (C=O) groups excluding carboxylic acids is 1. The van der Waals surface area contributed by atoms with Gasteiger partial charge >= 0.3 is 0 Å². The Labute approximate surface area is 123 Å². The van der Waals surface area contributed by atoms with Gasteiger partial charge in [-0.2, -0.15) is 0 Å². The molecule has 1 aromatic heterocycles. The molecule has 0 saturated heterocycles. The first-order valence-electron chi connectivity index (χ1n) is 6.80. The number of amides is 1. The first kappa shape index (κ1) is 13.2. The largest absolute Gasteiger partial charge is 0.376 e. The third-order valence-corrected chi connectivity index (χ3v) is 3.47. The molecule has 0 aliphatic carbocycles. The number of hydrogen-bond donors (Lipinski definition) is 2. The molecule has 106 valence electrons. The zero-order valence-electron chi connectivity index (χ0n) is 12.1. The van der Waals surface area contributed by atoms with Gasteiger partial charge in [-0.1, -0.05) is 18.2 Å². The Bertz CT molecular complexity index is 789. The Balaban J connectivity index is 1.96. The summed E-state index contributed by atoms with van der Waals surface area (Å²) in [5.41, 5.74) is 3.41. The lowest BCUT2D eigenvalue weighted by atomic mass is 10.1. The molecule has 0 unspecified atom stereocenters. The first-order chi connectivity index (χ1) is 10.2. The van der Waals surface area contributed by atoms with Crippen LogP contribution in [0.15, 0.2) is 54.7 Å². The van der Waals surface area contributed by atoms with Gasteiger partial charge in [0.15, 0.2) is 0 Å². The van der Waals surface area contributed by atoms with E-state index in [1.165, 1.54) is 0 Å². The quantitative estimate of drug-likeness (QED) is 0.771. The van der Waals surface area contributed by atoms with Gasteiger partial charge in [0, 0.05) is 36.8 Å². The van der Waals surface area contributed by atoms with Crippen LogP contribution in [0.2, 0.25) is 0 Å². The van der Waals surface area contributed by atoms with Crippen molar-refractivity contribution in [1.82, 2.24) is 4.98 Å². The number of nitrogens with one attached hydrogen (secondary N) is 2. The maximum atomic E-state index is 12.6. The molecule has 4 nitrogen and oxygen atoms in total. The van der Waals surface area contributed by atoms with Gasteiger partial charge in [0.1, 0.15) is 0 Å². The van der Waals surface area contributed by atoms with E-state index >= 15 is 0 Å². The van der Waals surface area contributed by atoms with Gasteiger partial charge in [-0.15, -0.1) is 0 Å². The van der Waals surface area contributed by atoms with E-state index in [9.17, 15) is 4.79 Å². The number of anilines is 2. The monoisotopic (exact) mass is 279 g/mol. The van der Waals surface area contributed by atoms with Crippen LogP contribution < -0.4 is 10.2 Å². The second-order valence-electron chi connectivity index (χ2n) is 5.11. The number of aromatic nitrogens is 1. The molecule has 0 saturated carbocycles. The smallest absolute Gasteiger partial charge is 0.256 e. The van der Waals surface area contributed by atoms with E-state index in [-0.39, 0.29) is 5.91 Å². The number of aromatic amines is 1. The molecule has 0 atom stereocenters. The van der Waals surface area contributed by atoms with Gasteiger partial charge in [0.2, 0.25) is 0 Å². The number of fused-ring (bicyclic) bond motifs is 1. The van der Waals surface area contributed by atoms with Gasteiger partial charge < -0.3 is 15.2 Å². The summed E-state index contributed by atoms with van der Waals surface area (Å²) in [5.74, 6) is -0.102. The van der Waals surface area contributed by atoms with Crippen molar-refractivity contribution in [3.8, 4) is 0 Å². The summed E-state index contributed by atoms with van der Waals surface area (Å²) in [6.07, 6.45) is 1.84. The van der Waals surface area contributed by atoms with Crippen LogP contribution in [0.3, 0.4) is 0 Å².